The van der Waals surface area contributed by atoms with E-state index < -0.39 is 58.1 Å². The molecular weight excluding hydrogens is 485 g/mol. The van der Waals surface area contributed by atoms with E-state index in [0.717, 1.165) is 0 Å². The summed E-state index contributed by atoms with van der Waals surface area (Å²) in [7, 11) is -4.58. The van der Waals surface area contributed by atoms with E-state index in [4.69, 9.17) is 0 Å². The minimum absolute atomic E-state index is 1.15. The summed E-state index contributed by atoms with van der Waals surface area (Å²) in [6.45, 7) is 30.8. The summed E-state index contributed by atoms with van der Waals surface area (Å²) >= 11 is -1.16. The van der Waals surface area contributed by atoms with Gasteiger partial charge in [0, 0.05) is 0 Å². The van der Waals surface area contributed by atoms with E-state index in [1.54, 1.807) is 0 Å². The topological polar surface area (TPSA) is 6.48 Å². The van der Waals surface area contributed by atoms with Gasteiger partial charge in [-0.15, -0.1) is 0 Å². The van der Waals surface area contributed by atoms with Gasteiger partial charge in [0.05, 0.1) is 0 Å². The van der Waals surface area contributed by atoms with Crippen LogP contribution in [0.2, 0.25) is 78.6 Å². The van der Waals surface area contributed by atoms with Crippen LogP contribution in [0.15, 0.2) is 0 Å². The van der Waals surface area contributed by atoms with Gasteiger partial charge < -0.3 is 0 Å². The summed E-state index contributed by atoms with van der Waals surface area (Å²) in [6.07, 6.45) is 0. The Morgan fingerprint density at radius 1 is 0.421 bits per heavy atom. The first kappa shape index (κ1) is 20.7. The Hall–Kier alpha value is 1.72. The van der Waals surface area contributed by atoms with Crippen LogP contribution in [-0.2, 0) is 25.2 Å². The Bertz CT molecular complexity index is 239. The van der Waals surface area contributed by atoms with Crippen molar-refractivity contribution in [1.82, 2.24) is 3.99 Å². The molecule has 0 radical (unpaired) electrons. The molecule has 0 aromatic rings. The number of hydrogen-bond acceptors (Lipinski definition) is 2. The van der Waals surface area contributed by atoms with E-state index in [1.165, 1.54) is 0 Å². The third kappa shape index (κ3) is 7.01. The van der Waals surface area contributed by atoms with Gasteiger partial charge in [-0.3, -0.25) is 0 Å². The van der Waals surface area contributed by atoms with Crippen molar-refractivity contribution in [2.75, 3.05) is 0 Å². The van der Waals surface area contributed by atoms with Gasteiger partial charge in [-0.25, -0.2) is 0 Å². The average molecular weight is 521 g/mol. The van der Waals surface area contributed by atoms with Crippen LogP contribution in [-0.4, -0.2) is 36.9 Å². The Labute approximate surface area is 140 Å². The molecule has 0 N–H and O–H groups in total. The van der Waals surface area contributed by atoms with Gasteiger partial charge in [-0.2, -0.15) is 0 Å². The van der Waals surface area contributed by atoms with E-state index in [0.29, 0.717) is 0 Å². The van der Waals surface area contributed by atoms with Crippen molar-refractivity contribution in [3.8, 4) is 0 Å². The maximum atomic E-state index is 3.16. The molecule has 0 amide bonds. The monoisotopic (exact) mass is 522 g/mol. The molecule has 19 heavy (non-hydrogen) atoms. The zero-order chi connectivity index (χ0) is 15.9. The molecule has 0 unspecified atom stereocenters. The molecule has 0 aromatic carbocycles. The quantitative estimate of drug-likeness (QED) is 0.462. The van der Waals surface area contributed by atoms with Crippen LogP contribution in [0.4, 0.5) is 0 Å². The minimum atomic E-state index is -1.16. The summed E-state index contributed by atoms with van der Waals surface area (Å²) in [6, 6.07) is 0. The Balaban J connectivity index is 5.43. The van der Waals surface area contributed by atoms with Crippen LogP contribution < -0.4 is 0 Å². The third-order valence-corrected chi connectivity index (χ3v) is 69.5. The molecule has 0 aliphatic carbocycles. The second-order valence-electron chi connectivity index (χ2n) is 9.68. The Morgan fingerprint density at radius 3 is 0.684 bits per heavy atom. The molecule has 0 aliphatic rings. The first-order chi connectivity index (χ1) is 7.97. The third-order valence-electron chi connectivity index (χ3n) is 3.52. The van der Waals surface area contributed by atoms with Crippen molar-refractivity contribution in [2.45, 2.75) is 78.6 Å². The Kier molecular flexibility index (Phi) is 7.04. The molecule has 0 heterocycles. The SMILES string of the molecule is C[Si](C)(C)[N]([Hg][N]([Si](C)(C)C)[Si](C)(C)C)[Si](C)(C)C. The summed E-state index contributed by atoms with van der Waals surface area (Å²) in [5, 5.41) is 0. The number of nitrogens with zero attached hydrogens (tertiary/aromatic N) is 2. The predicted molar refractivity (Wildman–Crippen MR) is 97.1 cm³/mol. The van der Waals surface area contributed by atoms with Gasteiger partial charge in [0.25, 0.3) is 0 Å². The second kappa shape index (κ2) is 6.46. The van der Waals surface area contributed by atoms with Crippen molar-refractivity contribution < 1.29 is 25.2 Å². The predicted octanol–water partition coefficient (Wildman–Crippen LogP) is 4.84. The van der Waals surface area contributed by atoms with Gasteiger partial charge in [-0.1, -0.05) is 0 Å². The van der Waals surface area contributed by atoms with Gasteiger partial charge in [0.2, 0.25) is 0 Å². The van der Waals surface area contributed by atoms with Crippen molar-refractivity contribution in [3.05, 3.63) is 0 Å². The van der Waals surface area contributed by atoms with Crippen LogP contribution in [0.1, 0.15) is 0 Å². The first-order valence-corrected chi connectivity index (χ1v) is 26.2. The van der Waals surface area contributed by atoms with Crippen molar-refractivity contribution in [2.24, 2.45) is 0 Å². The molecule has 0 rings (SSSR count). The van der Waals surface area contributed by atoms with Gasteiger partial charge >= 0.3 is 141 Å². The molecule has 0 spiro atoms. The summed E-state index contributed by atoms with van der Waals surface area (Å²) in [4.78, 5) is 0. The van der Waals surface area contributed by atoms with Crippen LogP contribution in [0.3, 0.4) is 0 Å². The standard InChI is InChI=1S/2C6H18NSi2.Hg/c2*1-8(2,3)7-9(4,5)6;/h2*1-6H3;/q2*-1;+2. The van der Waals surface area contributed by atoms with Crippen molar-refractivity contribution in [3.63, 3.8) is 0 Å². The zero-order valence-corrected chi connectivity index (χ0v) is 25.1. The molecule has 7 heteroatoms. The maximum absolute atomic E-state index is 3.16. The van der Waals surface area contributed by atoms with Crippen LogP contribution in [0.25, 0.3) is 0 Å². The van der Waals surface area contributed by atoms with E-state index in [2.05, 4.69) is 82.6 Å². The van der Waals surface area contributed by atoms with Gasteiger partial charge in [-0.05, 0) is 0 Å². The van der Waals surface area contributed by atoms with Crippen LogP contribution in [0.5, 0.6) is 0 Å². The number of hydrogen-bond donors (Lipinski definition) is 0. The van der Waals surface area contributed by atoms with Gasteiger partial charge in [0.1, 0.15) is 0 Å². The summed E-state index contributed by atoms with van der Waals surface area (Å²) in [5.74, 6) is 0. The molecule has 0 bridgehead atoms. The fraction of sp³-hybridized carbons (Fsp3) is 1.00. The fourth-order valence-electron chi connectivity index (χ4n) is 3.00. The van der Waals surface area contributed by atoms with Crippen LogP contribution >= 0.6 is 0 Å². The van der Waals surface area contributed by atoms with E-state index in [-0.39, 0.29) is 0 Å². The molecule has 0 aromatic heterocycles. The van der Waals surface area contributed by atoms with Crippen LogP contribution in [0, 0.1) is 0 Å². The summed E-state index contributed by atoms with van der Waals surface area (Å²) in [5.41, 5.74) is 0. The Morgan fingerprint density at radius 2 is 0.579 bits per heavy atom. The zero-order valence-electron chi connectivity index (χ0n) is 15.6. The van der Waals surface area contributed by atoms with E-state index in [1.807, 2.05) is 0 Å². The molecule has 0 aliphatic heterocycles. The summed E-state index contributed by atoms with van der Waals surface area (Å²) < 4.78 is 6.33. The fourth-order valence-corrected chi connectivity index (χ4v) is 51.6. The molecule has 0 saturated carbocycles. The van der Waals surface area contributed by atoms with Crippen molar-refractivity contribution in [1.29, 1.82) is 0 Å². The van der Waals surface area contributed by atoms with E-state index in [9.17, 15) is 0 Å². The molecular formula is C12H36HgN2Si4. The van der Waals surface area contributed by atoms with E-state index >= 15 is 0 Å². The molecule has 0 fully saturated rings. The van der Waals surface area contributed by atoms with Gasteiger partial charge in [0.15, 0.2) is 0 Å². The molecule has 0 atom stereocenters. The van der Waals surface area contributed by atoms with Crippen molar-refractivity contribution >= 4 is 32.9 Å². The molecule has 2 nitrogen and oxygen atoms in total. The first-order valence-electron chi connectivity index (χ1n) is 7.53. The number of rotatable bonds is 6. The normalized spacial score (nSPS) is 15.1. The average Bonchev–Trinajstić information content (AvgIpc) is 1.91. The molecule has 0 saturated heterocycles. The molecule has 112 valence electrons. The second-order valence-corrected chi connectivity index (χ2v) is 46.0.